The van der Waals surface area contributed by atoms with Gasteiger partial charge in [-0.25, -0.2) is 0 Å². The average molecular weight is 402 g/mol. The van der Waals surface area contributed by atoms with Crippen molar-refractivity contribution in [3.05, 3.63) is 65.2 Å². The van der Waals surface area contributed by atoms with Gasteiger partial charge in [0.1, 0.15) is 0 Å². The number of amides is 2. The first-order valence-corrected chi connectivity index (χ1v) is 10.7. The molecule has 1 spiro atoms. The maximum atomic E-state index is 12.6. The van der Waals surface area contributed by atoms with Gasteiger partial charge in [-0.2, -0.15) is 0 Å². The minimum Gasteiger partial charge on any atom is -0.352 e. The molecule has 1 unspecified atom stereocenters. The van der Waals surface area contributed by atoms with Crippen LogP contribution in [0.2, 0.25) is 0 Å². The second kappa shape index (κ2) is 7.67. The number of carbonyl (C=O) groups excluding carboxylic acids is 2. The second-order valence-electron chi connectivity index (χ2n) is 8.77. The van der Waals surface area contributed by atoms with Crippen molar-refractivity contribution in [3.63, 3.8) is 0 Å². The van der Waals surface area contributed by atoms with E-state index in [-0.39, 0.29) is 11.8 Å². The van der Waals surface area contributed by atoms with Crippen molar-refractivity contribution >= 4 is 17.9 Å². The lowest BCUT2D eigenvalue weighted by Crippen LogP contribution is -2.41. The highest BCUT2D eigenvalue weighted by molar-refractivity contribution is 6.00. The summed E-state index contributed by atoms with van der Waals surface area (Å²) in [5.41, 5.74) is 4.18. The Bertz CT molecular complexity index is 993. The fourth-order valence-electron chi connectivity index (χ4n) is 4.95. The van der Waals surface area contributed by atoms with Crippen molar-refractivity contribution in [2.24, 2.45) is 11.3 Å². The van der Waals surface area contributed by atoms with E-state index in [1.165, 1.54) is 5.56 Å². The third-order valence-corrected chi connectivity index (χ3v) is 6.99. The third-order valence-electron chi connectivity index (χ3n) is 6.99. The molecule has 1 atom stereocenters. The van der Waals surface area contributed by atoms with E-state index in [0.29, 0.717) is 24.2 Å². The number of carbonyl (C=O) groups is 2. The van der Waals surface area contributed by atoms with E-state index in [1.807, 2.05) is 41.4 Å². The third kappa shape index (κ3) is 3.74. The quantitative estimate of drug-likeness (QED) is 0.833. The summed E-state index contributed by atoms with van der Waals surface area (Å²) in [4.78, 5) is 35.5. The topological polar surface area (TPSA) is 75.2 Å². The molecule has 6 nitrogen and oxygen atoms in total. The molecule has 3 heterocycles. The standard InChI is InChI=1S/C24H26N4O2/c29-22(13-21-3-1-2-7-26-21)28-9-5-24(6-10-28)14-20(24)16-27-23(30)18-11-17-4-8-25-15-19(17)12-18/h1-4,7-8,12,15,20H,5-6,9-11,13-14,16H2,(H,27,30). The van der Waals surface area contributed by atoms with Gasteiger partial charge < -0.3 is 10.2 Å². The van der Waals surface area contributed by atoms with Crippen LogP contribution in [0.5, 0.6) is 0 Å². The van der Waals surface area contributed by atoms with Gasteiger partial charge in [0, 0.05) is 55.9 Å². The number of likely N-dealkylation sites (tertiary alicyclic amines) is 1. The van der Waals surface area contributed by atoms with Gasteiger partial charge in [-0.15, -0.1) is 0 Å². The molecule has 2 aromatic rings. The van der Waals surface area contributed by atoms with Gasteiger partial charge in [-0.3, -0.25) is 19.6 Å². The number of piperidine rings is 1. The molecule has 2 aromatic heterocycles. The largest absolute Gasteiger partial charge is 0.352 e. The predicted octanol–water partition coefficient (Wildman–Crippen LogP) is 2.40. The van der Waals surface area contributed by atoms with Crippen LogP contribution in [0.4, 0.5) is 0 Å². The first-order valence-electron chi connectivity index (χ1n) is 10.7. The Kier molecular flexibility index (Phi) is 4.85. The predicted molar refractivity (Wildman–Crippen MR) is 113 cm³/mol. The summed E-state index contributed by atoms with van der Waals surface area (Å²) in [6, 6.07) is 7.66. The Morgan fingerprint density at radius 3 is 2.80 bits per heavy atom. The lowest BCUT2D eigenvalue weighted by atomic mass is 9.90. The normalized spacial score (nSPS) is 21.1. The Morgan fingerprint density at radius 2 is 2.03 bits per heavy atom. The van der Waals surface area contributed by atoms with Crippen LogP contribution in [0.25, 0.3) is 6.08 Å². The zero-order valence-electron chi connectivity index (χ0n) is 17.0. The Hall–Kier alpha value is -3.02. The van der Waals surface area contributed by atoms with E-state index < -0.39 is 0 Å². The Balaban J connectivity index is 1.08. The van der Waals surface area contributed by atoms with Crippen LogP contribution in [-0.4, -0.2) is 46.3 Å². The highest BCUT2D eigenvalue weighted by Gasteiger charge is 2.54. The van der Waals surface area contributed by atoms with Crippen molar-refractivity contribution in [2.45, 2.75) is 32.1 Å². The fourth-order valence-corrected chi connectivity index (χ4v) is 4.95. The molecule has 0 radical (unpaired) electrons. The molecular weight excluding hydrogens is 376 g/mol. The summed E-state index contributed by atoms with van der Waals surface area (Å²) < 4.78 is 0. The van der Waals surface area contributed by atoms with Crippen LogP contribution in [0.1, 0.15) is 36.1 Å². The summed E-state index contributed by atoms with van der Waals surface area (Å²) in [7, 11) is 0. The maximum absolute atomic E-state index is 12.6. The molecule has 5 rings (SSSR count). The van der Waals surface area contributed by atoms with Gasteiger partial charge in [0.15, 0.2) is 0 Å². The van der Waals surface area contributed by atoms with Crippen molar-refractivity contribution in [3.8, 4) is 0 Å². The van der Waals surface area contributed by atoms with E-state index >= 15 is 0 Å². The zero-order chi connectivity index (χ0) is 20.6. The van der Waals surface area contributed by atoms with Gasteiger partial charge in [0.25, 0.3) is 0 Å². The summed E-state index contributed by atoms with van der Waals surface area (Å²) in [6.07, 6.45) is 11.5. The summed E-state index contributed by atoms with van der Waals surface area (Å²) in [5, 5.41) is 3.14. The number of nitrogens with one attached hydrogen (secondary N) is 1. The monoisotopic (exact) mass is 402 g/mol. The number of aromatic nitrogens is 2. The molecule has 0 aromatic carbocycles. The SMILES string of the molecule is O=C(NCC1CC12CCN(C(=O)Cc1ccccn1)CC2)C1=Cc2cnccc2C1. The number of nitrogens with zero attached hydrogens (tertiary/aromatic N) is 3. The molecule has 1 aliphatic heterocycles. The summed E-state index contributed by atoms with van der Waals surface area (Å²) >= 11 is 0. The second-order valence-corrected chi connectivity index (χ2v) is 8.77. The molecule has 1 saturated heterocycles. The van der Waals surface area contributed by atoms with E-state index in [9.17, 15) is 9.59 Å². The van der Waals surface area contributed by atoms with Crippen molar-refractivity contribution in [1.82, 2.24) is 20.2 Å². The van der Waals surface area contributed by atoms with Crippen molar-refractivity contribution in [1.29, 1.82) is 0 Å². The molecule has 2 amide bonds. The van der Waals surface area contributed by atoms with Crippen molar-refractivity contribution < 1.29 is 9.59 Å². The molecule has 2 aliphatic carbocycles. The molecule has 154 valence electrons. The van der Waals surface area contributed by atoms with Crippen molar-refractivity contribution in [2.75, 3.05) is 19.6 Å². The van der Waals surface area contributed by atoms with E-state index in [2.05, 4.69) is 15.3 Å². The van der Waals surface area contributed by atoms with Gasteiger partial charge in [0.05, 0.1) is 6.42 Å². The highest BCUT2D eigenvalue weighted by Crippen LogP contribution is 2.59. The minimum absolute atomic E-state index is 0.0382. The molecule has 1 N–H and O–H groups in total. The molecular formula is C24H26N4O2. The first-order chi connectivity index (χ1) is 14.6. The maximum Gasteiger partial charge on any atom is 0.247 e. The lowest BCUT2D eigenvalue weighted by Gasteiger charge is -2.33. The summed E-state index contributed by atoms with van der Waals surface area (Å²) in [6.45, 7) is 2.35. The Morgan fingerprint density at radius 1 is 1.17 bits per heavy atom. The molecule has 0 bridgehead atoms. The van der Waals surface area contributed by atoms with Crippen LogP contribution in [0.15, 0.2) is 48.4 Å². The molecule has 6 heteroatoms. The lowest BCUT2D eigenvalue weighted by molar-refractivity contribution is -0.132. The van der Waals surface area contributed by atoms with Crippen LogP contribution < -0.4 is 5.32 Å². The van der Waals surface area contributed by atoms with Gasteiger partial charge in [0.2, 0.25) is 11.8 Å². The summed E-state index contributed by atoms with van der Waals surface area (Å²) in [5.74, 6) is 0.730. The van der Waals surface area contributed by atoms with Gasteiger partial charge in [-0.05, 0) is 66.0 Å². The molecule has 3 aliphatic rings. The van der Waals surface area contributed by atoms with E-state index in [1.54, 1.807) is 12.4 Å². The van der Waals surface area contributed by atoms with Gasteiger partial charge >= 0.3 is 0 Å². The number of fused-ring (bicyclic) bond motifs is 1. The van der Waals surface area contributed by atoms with E-state index in [0.717, 1.165) is 55.7 Å². The highest BCUT2D eigenvalue weighted by atomic mass is 16.2. The van der Waals surface area contributed by atoms with Crippen LogP contribution in [-0.2, 0) is 22.4 Å². The van der Waals surface area contributed by atoms with Crippen LogP contribution in [0.3, 0.4) is 0 Å². The van der Waals surface area contributed by atoms with E-state index in [4.69, 9.17) is 0 Å². The van der Waals surface area contributed by atoms with Crippen LogP contribution >= 0.6 is 0 Å². The number of hydrogen-bond acceptors (Lipinski definition) is 4. The first kappa shape index (κ1) is 19.0. The molecule has 30 heavy (non-hydrogen) atoms. The fraction of sp³-hybridized carbons (Fsp3) is 0.417. The zero-order valence-corrected chi connectivity index (χ0v) is 17.0. The number of pyridine rings is 2. The Labute approximate surface area is 176 Å². The molecule has 1 saturated carbocycles. The van der Waals surface area contributed by atoms with Crippen LogP contribution in [0, 0.1) is 11.3 Å². The number of hydrogen-bond donors (Lipinski definition) is 1. The average Bonchev–Trinajstić information content (AvgIpc) is 3.25. The molecule has 2 fully saturated rings. The minimum atomic E-state index is 0.0382. The number of rotatable bonds is 5. The smallest absolute Gasteiger partial charge is 0.247 e. The van der Waals surface area contributed by atoms with Gasteiger partial charge in [-0.1, -0.05) is 6.07 Å².